The van der Waals surface area contributed by atoms with Crippen LogP contribution in [0.5, 0.6) is 0 Å². The molecule has 0 radical (unpaired) electrons. The zero-order valence-corrected chi connectivity index (χ0v) is 55.7. The van der Waals surface area contributed by atoms with Crippen LogP contribution in [0, 0.1) is 41.5 Å². The standard InChI is InChI=1S/C70H76BN.C16H18/c1-14-16-29-56(15-2)68(8,9)61-43-39-55(46-54-37-41-59(42-38-54)69(10,11)57-30-19-17-20-31-57)64(48-61)71(63-47-60(40-36-49(63)3)70(12,13)58-32-21-18-22-33-58)67-52(6)44-62(45-53(67)7)72(65-34-25-23-27-50(65)4)66-35-26-24-28-51(66)5;1-13-9-11-15(12-10-13)16(2,3)14-7-5-4-6-8-14/h15-45,47-48H,14,46H2,1-13H3;4-12H,1-3H3/b29-16-,56-15+;. The average molecular weight is 1150 g/mol. The van der Waals surface area contributed by atoms with E-state index in [1.807, 2.05) is 0 Å². The number of allylic oxidation sites excluding steroid dienone is 4. The molecule has 0 saturated carbocycles. The second kappa shape index (κ2) is 27.3. The van der Waals surface area contributed by atoms with E-state index < -0.39 is 0 Å². The molecule has 0 N–H and O–H groups in total. The maximum atomic E-state index is 2.59. The molecule has 0 saturated heterocycles. The predicted octanol–water partition coefficient (Wildman–Crippen LogP) is 21.0. The van der Waals surface area contributed by atoms with Crippen LogP contribution in [0.15, 0.2) is 260 Å². The lowest BCUT2D eigenvalue weighted by Gasteiger charge is -2.33. The van der Waals surface area contributed by atoms with Gasteiger partial charge in [-0.1, -0.05) is 332 Å². The highest BCUT2D eigenvalue weighted by Gasteiger charge is 2.35. The van der Waals surface area contributed by atoms with Crippen molar-refractivity contribution in [2.45, 2.75) is 145 Å². The monoisotopic (exact) mass is 1150 g/mol. The molecule has 0 amide bonds. The summed E-state index contributed by atoms with van der Waals surface area (Å²) < 4.78 is 0. The van der Waals surface area contributed by atoms with Crippen LogP contribution in [0.2, 0.25) is 0 Å². The summed E-state index contributed by atoms with van der Waals surface area (Å²) >= 11 is 0. The van der Waals surface area contributed by atoms with Crippen LogP contribution in [0.4, 0.5) is 17.1 Å². The Hall–Kier alpha value is -8.46. The third-order valence-electron chi connectivity index (χ3n) is 19.2. The molecule has 0 bridgehead atoms. The number of para-hydroxylation sites is 2. The van der Waals surface area contributed by atoms with Crippen LogP contribution < -0.4 is 21.3 Å². The summed E-state index contributed by atoms with van der Waals surface area (Å²) in [6.45, 7) is 36.7. The number of benzene rings is 10. The molecular weight excluding hydrogens is 1060 g/mol. The molecule has 0 aromatic heterocycles. The van der Waals surface area contributed by atoms with Crippen molar-refractivity contribution in [2.75, 3.05) is 4.90 Å². The maximum Gasteiger partial charge on any atom is 0.242 e. The van der Waals surface area contributed by atoms with Gasteiger partial charge in [0.1, 0.15) is 0 Å². The Labute approximate surface area is 531 Å². The molecule has 10 rings (SSSR count). The quantitative estimate of drug-likeness (QED) is 0.0611. The molecule has 0 aliphatic rings. The second-order valence-corrected chi connectivity index (χ2v) is 26.7. The molecule has 1 nitrogen and oxygen atoms in total. The lowest BCUT2D eigenvalue weighted by Crippen LogP contribution is -2.56. The van der Waals surface area contributed by atoms with E-state index in [9.17, 15) is 0 Å². The molecular formula is C86H94BN. The minimum atomic E-state index is -0.245. The van der Waals surface area contributed by atoms with Crippen molar-refractivity contribution in [2.24, 2.45) is 0 Å². The van der Waals surface area contributed by atoms with E-state index in [0.29, 0.717) is 0 Å². The van der Waals surface area contributed by atoms with Gasteiger partial charge in [-0.15, -0.1) is 0 Å². The Morgan fingerprint density at radius 3 is 1.27 bits per heavy atom. The molecule has 0 atom stereocenters. The van der Waals surface area contributed by atoms with E-state index in [4.69, 9.17) is 0 Å². The van der Waals surface area contributed by atoms with Gasteiger partial charge in [-0.05, 0) is 152 Å². The largest absolute Gasteiger partial charge is 0.310 e. The molecule has 0 heterocycles. The Morgan fingerprint density at radius 2 is 0.807 bits per heavy atom. The van der Waals surface area contributed by atoms with Crippen LogP contribution in [-0.4, -0.2) is 6.71 Å². The van der Waals surface area contributed by atoms with Crippen LogP contribution in [0.25, 0.3) is 0 Å². The SMILES string of the molecule is C/C=C(\C=C/CC)C(C)(C)c1ccc(Cc2ccc(C(C)(C)c3ccccc3)cc2)c(B(c2cc(C(C)(C)c3ccccc3)ccc2C)c2c(C)cc(N(c3ccccc3C)c3ccccc3C)cc2C)c1.Cc1ccc(C(C)(C)c2ccccc2)cc1. The summed E-state index contributed by atoms with van der Waals surface area (Å²) in [6, 6.07) is 88.1. The van der Waals surface area contributed by atoms with Crippen molar-refractivity contribution in [3.05, 3.63) is 344 Å². The number of hydrogen-bond acceptors (Lipinski definition) is 1. The molecule has 446 valence electrons. The Balaban J connectivity index is 0.000000497. The fourth-order valence-electron chi connectivity index (χ4n) is 13.2. The van der Waals surface area contributed by atoms with E-state index in [1.54, 1.807) is 0 Å². The smallest absolute Gasteiger partial charge is 0.242 e. The number of rotatable bonds is 18. The fourth-order valence-corrected chi connectivity index (χ4v) is 13.2. The van der Waals surface area contributed by atoms with Gasteiger partial charge in [0, 0.05) is 38.7 Å². The summed E-state index contributed by atoms with van der Waals surface area (Å²) in [6.07, 6.45) is 8.74. The van der Waals surface area contributed by atoms with Crippen molar-refractivity contribution in [3.63, 3.8) is 0 Å². The number of anilines is 3. The highest BCUT2D eigenvalue weighted by Crippen LogP contribution is 2.40. The normalized spacial score (nSPS) is 12.2. The minimum absolute atomic E-state index is 0.0711. The summed E-state index contributed by atoms with van der Waals surface area (Å²) in [7, 11) is 0. The third kappa shape index (κ3) is 13.8. The van der Waals surface area contributed by atoms with Gasteiger partial charge < -0.3 is 4.90 Å². The molecule has 0 unspecified atom stereocenters. The summed E-state index contributed by atoms with van der Waals surface area (Å²) in [5, 5.41) is 0. The fraction of sp³-hybridized carbons (Fsp3) is 0.256. The average Bonchev–Trinajstić information content (AvgIpc) is 0.855. The van der Waals surface area contributed by atoms with Gasteiger partial charge in [0.15, 0.2) is 0 Å². The summed E-state index contributed by atoms with van der Waals surface area (Å²) in [5.74, 6) is 0. The molecule has 0 fully saturated rings. The van der Waals surface area contributed by atoms with E-state index in [0.717, 1.165) is 12.8 Å². The highest BCUT2D eigenvalue weighted by molar-refractivity contribution is 6.96. The molecule has 88 heavy (non-hydrogen) atoms. The molecule has 0 spiro atoms. The van der Waals surface area contributed by atoms with Crippen molar-refractivity contribution in [1.82, 2.24) is 0 Å². The van der Waals surface area contributed by atoms with Crippen LogP contribution in [0.3, 0.4) is 0 Å². The van der Waals surface area contributed by atoms with E-state index >= 15 is 0 Å². The van der Waals surface area contributed by atoms with Crippen molar-refractivity contribution >= 4 is 40.2 Å². The van der Waals surface area contributed by atoms with Crippen molar-refractivity contribution < 1.29 is 0 Å². The lowest BCUT2D eigenvalue weighted by molar-refractivity contribution is 0.638. The van der Waals surface area contributed by atoms with Gasteiger partial charge in [-0.2, -0.15) is 0 Å². The topological polar surface area (TPSA) is 3.24 Å². The van der Waals surface area contributed by atoms with E-state index in [2.05, 4.69) is 370 Å². The van der Waals surface area contributed by atoms with Gasteiger partial charge in [0.2, 0.25) is 6.71 Å². The number of nitrogens with zero attached hydrogens (tertiary/aromatic N) is 1. The van der Waals surface area contributed by atoms with Crippen molar-refractivity contribution in [3.8, 4) is 0 Å². The Morgan fingerprint density at radius 1 is 0.398 bits per heavy atom. The van der Waals surface area contributed by atoms with Crippen molar-refractivity contribution in [1.29, 1.82) is 0 Å². The zero-order chi connectivity index (χ0) is 63.0. The van der Waals surface area contributed by atoms with Crippen LogP contribution in [0.1, 0.15) is 159 Å². The van der Waals surface area contributed by atoms with Crippen LogP contribution in [-0.2, 0) is 28.1 Å². The number of hydrogen-bond donors (Lipinski definition) is 0. The van der Waals surface area contributed by atoms with Gasteiger partial charge in [0.25, 0.3) is 0 Å². The number of aryl methyl sites for hydroxylation is 6. The van der Waals surface area contributed by atoms with E-state index in [1.165, 1.54) is 122 Å². The van der Waals surface area contributed by atoms with Gasteiger partial charge in [0.05, 0.1) is 0 Å². The van der Waals surface area contributed by atoms with E-state index in [-0.39, 0.29) is 28.4 Å². The maximum absolute atomic E-state index is 2.59. The Bertz CT molecular complexity index is 3960. The van der Waals surface area contributed by atoms with Gasteiger partial charge in [-0.25, -0.2) is 0 Å². The van der Waals surface area contributed by atoms with Crippen LogP contribution >= 0.6 is 0 Å². The first kappa shape index (κ1) is 64.0. The summed E-state index contributed by atoms with van der Waals surface area (Å²) in [5.41, 5.74) is 28.0. The predicted molar refractivity (Wildman–Crippen MR) is 385 cm³/mol. The first-order valence-electron chi connectivity index (χ1n) is 32.0. The first-order valence-corrected chi connectivity index (χ1v) is 32.0. The van der Waals surface area contributed by atoms with Gasteiger partial charge >= 0.3 is 0 Å². The molecule has 0 aliphatic carbocycles. The highest BCUT2D eigenvalue weighted by atomic mass is 15.1. The molecule has 10 aromatic rings. The Kier molecular flexibility index (Phi) is 19.9. The third-order valence-corrected chi connectivity index (χ3v) is 19.2. The zero-order valence-electron chi connectivity index (χ0n) is 55.7. The first-order chi connectivity index (χ1) is 42.1. The molecule has 0 aliphatic heterocycles. The van der Waals surface area contributed by atoms with Gasteiger partial charge in [-0.3, -0.25) is 0 Å². The minimum Gasteiger partial charge on any atom is -0.310 e. The molecule has 10 aromatic carbocycles. The molecule has 2 heteroatoms. The summed E-state index contributed by atoms with van der Waals surface area (Å²) in [4.78, 5) is 2.47. The second-order valence-electron chi connectivity index (χ2n) is 26.7. The lowest BCUT2D eigenvalue weighted by atomic mass is 9.33.